The van der Waals surface area contributed by atoms with Crippen molar-refractivity contribution in [3.63, 3.8) is 0 Å². The van der Waals surface area contributed by atoms with Crippen LogP contribution >= 0.6 is 0 Å². The molecule has 0 heterocycles. The molecular weight excluding hydrogens is 268 g/mol. The van der Waals surface area contributed by atoms with E-state index in [1.807, 2.05) is 19.9 Å². The minimum Gasteiger partial charge on any atom is -0.493 e. The fourth-order valence-corrected chi connectivity index (χ4v) is 1.87. The van der Waals surface area contributed by atoms with Gasteiger partial charge in [-0.3, -0.25) is 4.79 Å². The molecular formula is C17H16O4. The van der Waals surface area contributed by atoms with Gasteiger partial charge in [0.05, 0.1) is 12.7 Å². The smallest absolute Gasteiger partial charge is 0.343 e. The molecule has 4 heteroatoms. The Morgan fingerprint density at radius 1 is 1.00 bits per heavy atom. The molecule has 0 unspecified atom stereocenters. The largest absolute Gasteiger partial charge is 0.493 e. The second-order valence-electron chi connectivity index (χ2n) is 4.72. The van der Waals surface area contributed by atoms with Gasteiger partial charge in [0, 0.05) is 5.56 Å². The van der Waals surface area contributed by atoms with Crippen molar-refractivity contribution in [2.75, 3.05) is 7.11 Å². The van der Waals surface area contributed by atoms with Gasteiger partial charge in [0.1, 0.15) is 6.29 Å². The van der Waals surface area contributed by atoms with Gasteiger partial charge in [-0.25, -0.2) is 4.79 Å². The molecule has 0 aliphatic carbocycles. The lowest BCUT2D eigenvalue weighted by Gasteiger charge is -2.10. The fraction of sp³-hybridized carbons (Fsp3) is 0.176. The molecule has 0 aliphatic rings. The minimum atomic E-state index is -0.463. The number of rotatable bonds is 4. The molecule has 4 nitrogen and oxygen atoms in total. The van der Waals surface area contributed by atoms with Crippen LogP contribution in [0.4, 0.5) is 0 Å². The number of hydrogen-bond acceptors (Lipinski definition) is 4. The maximum absolute atomic E-state index is 12.2. The zero-order valence-corrected chi connectivity index (χ0v) is 12.2. The molecule has 0 N–H and O–H groups in total. The lowest BCUT2D eigenvalue weighted by molar-refractivity contribution is 0.0729. The van der Waals surface area contributed by atoms with Crippen LogP contribution in [0.15, 0.2) is 36.4 Å². The number of methoxy groups -OCH3 is 1. The molecule has 0 radical (unpaired) electrons. The molecule has 0 bridgehead atoms. The van der Waals surface area contributed by atoms with Crippen LogP contribution in [0.3, 0.4) is 0 Å². The zero-order valence-electron chi connectivity index (χ0n) is 12.2. The van der Waals surface area contributed by atoms with E-state index in [0.717, 1.165) is 11.1 Å². The lowest BCUT2D eigenvalue weighted by atomic mass is 10.1. The number of esters is 1. The molecule has 108 valence electrons. The van der Waals surface area contributed by atoms with Crippen molar-refractivity contribution in [3.8, 4) is 11.5 Å². The van der Waals surface area contributed by atoms with Crippen LogP contribution in [0.1, 0.15) is 31.8 Å². The summed E-state index contributed by atoms with van der Waals surface area (Å²) in [5.74, 6) is 0.165. The first-order valence-electron chi connectivity index (χ1n) is 6.48. The summed E-state index contributed by atoms with van der Waals surface area (Å²) in [7, 11) is 1.46. The van der Waals surface area contributed by atoms with Gasteiger partial charge < -0.3 is 9.47 Å². The number of aldehydes is 1. The van der Waals surface area contributed by atoms with Crippen LogP contribution in [0, 0.1) is 13.8 Å². The van der Waals surface area contributed by atoms with E-state index in [-0.39, 0.29) is 5.75 Å². The van der Waals surface area contributed by atoms with Crippen molar-refractivity contribution in [3.05, 3.63) is 58.7 Å². The fourth-order valence-electron chi connectivity index (χ4n) is 1.87. The summed E-state index contributed by atoms with van der Waals surface area (Å²) in [5, 5.41) is 0. The summed E-state index contributed by atoms with van der Waals surface area (Å²) in [6, 6.07) is 10.0. The molecule has 2 aromatic carbocycles. The van der Waals surface area contributed by atoms with Gasteiger partial charge in [0.15, 0.2) is 11.5 Å². The van der Waals surface area contributed by atoms with Gasteiger partial charge in [-0.15, -0.1) is 0 Å². The summed E-state index contributed by atoms with van der Waals surface area (Å²) >= 11 is 0. The van der Waals surface area contributed by atoms with Crippen molar-refractivity contribution in [2.45, 2.75) is 13.8 Å². The Hall–Kier alpha value is -2.62. The van der Waals surface area contributed by atoms with Crippen LogP contribution < -0.4 is 9.47 Å². The number of aryl methyl sites for hydroxylation is 2. The molecule has 0 atom stereocenters. The Bertz CT molecular complexity index is 689. The molecule has 0 spiro atoms. The Labute approximate surface area is 123 Å². The third-order valence-electron chi connectivity index (χ3n) is 3.27. The number of hydrogen-bond donors (Lipinski definition) is 0. The quantitative estimate of drug-likeness (QED) is 0.491. The van der Waals surface area contributed by atoms with Gasteiger partial charge in [-0.05, 0) is 55.3 Å². The second-order valence-corrected chi connectivity index (χ2v) is 4.72. The van der Waals surface area contributed by atoms with E-state index in [9.17, 15) is 9.59 Å². The maximum Gasteiger partial charge on any atom is 0.343 e. The maximum atomic E-state index is 12.2. The van der Waals surface area contributed by atoms with E-state index < -0.39 is 5.97 Å². The first kappa shape index (κ1) is 14.8. The van der Waals surface area contributed by atoms with Crippen LogP contribution in [0.25, 0.3) is 0 Å². The highest BCUT2D eigenvalue weighted by atomic mass is 16.6. The third-order valence-corrected chi connectivity index (χ3v) is 3.27. The lowest BCUT2D eigenvalue weighted by Crippen LogP contribution is -2.09. The zero-order chi connectivity index (χ0) is 15.4. The molecule has 0 aliphatic heterocycles. The molecule has 0 fully saturated rings. The van der Waals surface area contributed by atoms with Crippen LogP contribution in [-0.2, 0) is 0 Å². The molecule has 0 saturated heterocycles. The minimum absolute atomic E-state index is 0.284. The molecule has 0 amide bonds. The summed E-state index contributed by atoms with van der Waals surface area (Å²) < 4.78 is 10.5. The normalized spacial score (nSPS) is 10.0. The number of carbonyl (C=O) groups excluding carboxylic acids is 2. The monoisotopic (exact) mass is 284 g/mol. The molecule has 0 saturated carbocycles. The topological polar surface area (TPSA) is 52.6 Å². The number of benzene rings is 2. The van der Waals surface area contributed by atoms with Crippen LogP contribution in [0.2, 0.25) is 0 Å². The standard InChI is InChI=1S/C17H16O4/c1-11-4-6-14(8-12(11)2)17(19)21-15-7-5-13(10-18)9-16(15)20-3/h4-10H,1-3H3. The van der Waals surface area contributed by atoms with Crippen molar-refractivity contribution < 1.29 is 19.1 Å². The van der Waals surface area contributed by atoms with Crippen molar-refractivity contribution in [2.24, 2.45) is 0 Å². The summed E-state index contributed by atoms with van der Waals surface area (Å²) in [4.78, 5) is 22.9. The van der Waals surface area contributed by atoms with Crippen LogP contribution in [0.5, 0.6) is 11.5 Å². The summed E-state index contributed by atoms with van der Waals surface area (Å²) in [5.41, 5.74) is 3.06. The molecule has 2 aromatic rings. The Kier molecular flexibility index (Phi) is 4.38. The number of carbonyl (C=O) groups is 2. The second kappa shape index (κ2) is 6.22. The predicted molar refractivity (Wildman–Crippen MR) is 79.3 cm³/mol. The van der Waals surface area contributed by atoms with E-state index in [0.29, 0.717) is 23.2 Å². The average molecular weight is 284 g/mol. The van der Waals surface area contributed by atoms with Gasteiger partial charge >= 0.3 is 5.97 Å². The third kappa shape index (κ3) is 3.28. The first-order chi connectivity index (χ1) is 10.0. The number of ether oxygens (including phenoxy) is 2. The summed E-state index contributed by atoms with van der Waals surface area (Å²) in [6.45, 7) is 3.91. The molecule has 2 rings (SSSR count). The highest BCUT2D eigenvalue weighted by Gasteiger charge is 2.13. The Balaban J connectivity index is 2.26. The SMILES string of the molecule is COc1cc(C=O)ccc1OC(=O)c1ccc(C)c(C)c1. The predicted octanol–water partition coefficient (Wildman–Crippen LogP) is 3.34. The van der Waals surface area contributed by atoms with Gasteiger partial charge in [0.25, 0.3) is 0 Å². The molecule has 0 aromatic heterocycles. The Morgan fingerprint density at radius 3 is 2.38 bits per heavy atom. The van der Waals surface area contributed by atoms with E-state index >= 15 is 0 Å². The van der Waals surface area contributed by atoms with Gasteiger partial charge in [-0.1, -0.05) is 6.07 Å². The molecule has 21 heavy (non-hydrogen) atoms. The van der Waals surface area contributed by atoms with Crippen molar-refractivity contribution in [1.29, 1.82) is 0 Å². The Morgan fingerprint density at radius 2 is 1.76 bits per heavy atom. The van der Waals surface area contributed by atoms with Crippen molar-refractivity contribution in [1.82, 2.24) is 0 Å². The summed E-state index contributed by atoms with van der Waals surface area (Å²) in [6.07, 6.45) is 0.706. The highest BCUT2D eigenvalue weighted by Crippen LogP contribution is 2.28. The highest BCUT2D eigenvalue weighted by molar-refractivity contribution is 5.91. The van der Waals surface area contributed by atoms with E-state index in [1.165, 1.54) is 13.2 Å². The van der Waals surface area contributed by atoms with E-state index in [4.69, 9.17) is 9.47 Å². The first-order valence-corrected chi connectivity index (χ1v) is 6.48. The van der Waals surface area contributed by atoms with Gasteiger partial charge in [0.2, 0.25) is 0 Å². The average Bonchev–Trinajstić information content (AvgIpc) is 2.50. The van der Waals surface area contributed by atoms with Gasteiger partial charge in [-0.2, -0.15) is 0 Å². The van der Waals surface area contributed by atoms with E-state index in [2.05, 4.69) is 0 Å². The van der Waals surface area contributed by atoms with E-state index in [1.54, 1.807) is 24.3 Å². The van der Waals surface area contributed by atoms with Crippen molar-refractivity contribution >= 4 is 12.3 Å². The van der Waals surface area contributed by atoms with Crippen LogP contribution in [-0.4, -0.2) is 19.4 Å².